The number of carbonyl (C=O) groups excluding carboxylic acids is 1. The van der Waals surface area contributed by atoms with Crippen LogP contribution < -0.4 is 11.1 Å². The molecule has 3 rings (SSSR count). The summed E-state index contributed by atoms with van der Waals surface area (Å²) in [6, 6.07) is 5.60. The molecular weight excluding hydrogens is 346 g/mol. The summed E-state index contributed by atoms with van der Waals surface area (Å²) >= 11 is 2.78. The lowest BCUT2D eigenvalue weighted by Gasteiger charge is -2.05. The van der Waals surface area contributed by atoms with Crippen molar-refractivity contribution in [3.05, 3.63) is 39.0 Å². The number of nitrogens with one attached hydrogen (secondary N) is 1. The van der Waals surface area contributed by atoms with Gasteiger partial charge in [-0.25, -0.2) is 9.97 Å². The van der Waals surface area contributed by atoms with Crippen LogP contribution in [-0.4, -0.2) is 35.2 Å². The largest absolute Gasteiger partial charge is 0.399 e. The molecule has 0 spiro atoms. The zero-order valence-corrected chi connectivity index (χ0v) is 14.7. The molecule has 0 aliphatic carbocycles. The van der Waals surface area contributed by atoms with E-state index in [4.69, 9.17) is 10.6 Å². The molecule has 0 bridgehead atoms. The molecule has 1 amide bonds. The van der Waals surface area contributed by atoms with E-state index in [1.165, 1.54) is 29.8 Å². The van der Waals surface area contributed by atoms with Crippen molar-refractivity contribution < 1.29 is 9.63 Å². The first-order valence-electron chi connectivity index (χ1n) is 7.14. The zero-order valence-electron chi connectivity index (χ0n) is 13.1. The second-order valence-corrected chi connectivity index (χ2v) is 6.70. The normalized spacial score (nSPS) is 11.7. The molecule has 3 heterocycles. The van der Waals surface area contributed by atoms with Crippen LogP contribution in [0.1, 0.15) is 27.2 Å². The smallest absolute Gasteiger partial charge is 0.261 e. The first-order valence-corrected chi connectivity index (χ1v) is 8.84. The quantitative estimate of drug-likeness (QED) is 0.537. The van der Waals surface area contributed by atoms with E-state index >= 15 is 0 Å². The molecule has 0 atom stereocenters. The third-order valence-electron chi connectivity index (χ3n) is 3.13. The molecule has 3 aromatic heterocycles. The van der Waals surface area contributed by atoms with Gasteiger partial charge in [-0.15, -0.1) is 22.7 Å². The highest BCUT2D eigenvalue weighted by atomic mass is 32.1. The Kier molecular flexibility index (Phi) is 4.72. The molecule has 0 aliphatic rings. The fourth-order valence-corrected chi connectivity index (χ4v) is 3.85. The number of thiophene rings is 2. The Morgan fingerprint density at radius 2 is 2.25 bits per heavy atom. The van der Waals surface area contributed by atoms with Gasteiger partial charge in [-0.3, -0.25) is 4.79 Å². The van der Waals surface area contributed by atoms with Crippen LogP contribution in [0.2, 0.25) is 0 Å². The van der Waals surface area contributed by atoms with E-state index in [2.05, 4.69) is 20.4 Å². The van der Waals surface area contributed by atoms with Crippen molar-refractivity contribution in [2.75, 3.05) is 19.4 Å². The first kappa shape index (κ1) is 16.3. The fourth-order valence-electron chi connectivity index (χ4n) is 2.19. The molecule has 9 heteroatoms. The maximum Gasteiger partial charge on any atom is 0.261 e. The number of aromatic nitrogens is 2. The van der Waals surface area contributed by atoms with Crippen molar-refractivity contribution >= 4 is 50.5 Å². The van der Waals surface area contributed by atoms with E-state index < -0.39 is 0 Å². The summed E-state index contributed by atoms with van der Waals surface area (Å²) in [5.74, 6) is -0.0199. The molecule has 0 saturated heterocycles. The summed E-state index contributed by atoms with van der Waals surface area (Å²) in [6.07, 6.45) is 0. The number of hydrogen-bond acceptors (Lipinski definition) is 8. The van der Waals surface area contributed by atoms with Gasteiger partial charge in [-0.2, -0.15) is 0 Å². The van der Waals surface area contributed by atoms with Gasteiger partial charge in [0.25, 0.3) is 5.91 Å². The molecule has 0 unspecified atom stereocenters. The predicted octanol–water partition coefficient (Wildman–Crippen LogP) is 2.48. The Hall–Kier alpha value is -2.52. The van der Waals surface area contributed by atoms with Crippen molar-refractivity contribution in [3.63, 3.8) is 0 Å². The van der Waals surface area contributed by atoms with Crippen LogP contribution in [0.3, 0.4) is 0 Å². The Morgan fingerprint density at radius 3 is 2.92 bits per heavy atom. The molecule has 124 valence electrons. The summed E-state index contributed by atoms with van der Waals surface area (Å²) in [4.78, 5) is 27.7. The van der Waals surface area contributed by atoms with Crippen LogP contribution >= 0.6 is 22.7 Å². The van der Waals surface area contributed by atoms with Gasteiger partial charge in [0, 0.05) is 11.9 Å². The lowest BCUT2D eigenvalue weighted by atomic mass is 10.1. The molecule has 3 N–H and O–H groups in total. The number of amides is 1. The van der Waals surface area contributed by atoms with Gasteiger partial charge in [0.2, 0.25) is 5.95 Å². The molecule has 0 saturated carbocycles. The SMILES string of the molecule is CCNC(=O)c1cc2c(/C(=N/OC)c3cccs3)nc(N)nc2s1. The Balaban J connectivity index is 2.19. The average Bonchev–Trinajstić information content (AvgIpc) is 3.21. The number of nitrogens with two attached hydrogens (primary N) is 1. The van der Waals surface area contributed by atoms with E-state index in [0.717, 1.165) is 10.3 Å². The number of oxime groups is 1. The molecule has 0 radical (unpaired) electrons. The summed E-state index contributed by atoms with van der Waals surface area (Å²) < 4.78 is 0. The highest BCUT2D eigenvalue weighted by molar-refractivity contribution is 7.20. The fraction of sp³-hybridized carbons (Fsp3) is 0.200. The van der Waals surface area contributed by atoms with E-state index in [-0.39, 0.29) is 11.9 Å². The van der Waals surface area contributed by atoms with Crippen molar-refractivity contribution in [2.45, 2.75) is 6.92 Å². The second kappa shape index (κ2) is 6.93. The van der Waals surface area contributed by atoms with E-state index in [1.807, 2.05) is 24.4 Å². The first-order chi connectivity index (χ1) is 11.6. The standard InChI is InChI=1S/C15H15N5O2S2/c1-3-17-13(21)10-7-8-11(18-15(16)19-14(8)24-10)12(20-22-2)9-5-4-6-23-9/h4-7H,3H2,1-2H3,(H,17,21)(H2,16,18,19)/b20-12+. The van der Waals surface area contributed by atoms with Crippen molar-refractivity contribution in [1.29, 1.82) is 0 Å². The zero-order chi connectivity index (χ0) is 17.1. The van der Waals surface area contributed by atoms with Crippen LogP contribution in [0.15, 0.2) is 28.7 Å². The van der Waals surface area contributed by atoms with Crippen molar-refractivity contribution in [3.8, 4) is 0 Å². The van der Waals surface area contributed by atoms with Gasteiger partial charge < -0.3 is 15.9 Å². The maximum atomic E-state index is 12.1. The van der Waals surface area contributed by atoms with Crippen LogP contribution in [-0.2, 0) is 4.84 Å². The number of rotatable bonds is 5. The predicted molar refractivity (Wildman–Crippen MR) is 96.8 cm³/mol. The summed E-state index contributed by atoms with van der Waals surface area (Å²) in [7, 11) is 1.48. The van der Waals surface area contributed by atoms with Gasteiger partial charge in [0.1, 0.15) is 23.3 Å². The average molecular weight is 361 g/mol. The Morgan fingerprint density at radius 1 is 1.42 bits per heavy atom. The van der Waals surface area contributed by atoms with Crippen LogP contribution in [0.5, 0.6) is 0 Å². The lowest BCUT2D eigenvalue weighted by Crippen LogP contribution is -2.21. The molecule has 7 nitrogen and oxygen atoms in total. The van der Waals surface area contributed by atoms with Crippen LogP contribution in [0.4, 0.5) is 5.95 Å². The second-order valence-electron chi connectivity index (χ2n) is 4.72. The molecular formula is C15H15N5O2S2. The summed E-state index contributed by atoms with van der Waals surface area (Å²) in [6.45, 7) is 2.42. The number of anilines is 1. The number of nitrogen functional groups attached to an aromatic ring is 1. The van der Waals surface area contributed by atoms with Gasteiger partial charge in [-0.1, -0.05) is 11.2 Å². The maximum absolute atomic E-state index is 12.1. The Labute approximate surface area is 146 Å². The van der Waals surface area contributed by atoms with E-state index in [1.54, 1.807) is 6.07 Å². The monoisotopic (exact) mass is 361 g/mol. The van der Waals surface area contributed by atoms with Crippen LogP contribution in [0, 0.1) is 0 Å². The summed E-state index contributed by atoms with van der Waals surface area (Å²) in [5, 5.41) is 9.54. The third kappa shape index (κ3) is 3.08. The van der Waals surface area contributed by atoms with Gasteiger partial charge in [0.15, 0.2) is 0 Å². The van der Waals surface area contributed by atoms with E-state index in [0.29, 0.717) is 27.7 Å². The van der Waals surface area contributed by atoms with Gasteiger partial charge in [0.05, 0.1) is 9.75 Å². The number of carbonyl (C=O) groups is 1. The lowest BCUT2D eigenvalue weighted by molar-refractivity contribution is 0.0960. The minimum Gasteiger partial charge on any atom is -0.399 e. The van der Waals surface area contributed by atoms with Crippen LogP contribution in [0.25, 0.3) is 10.2 Å². The molecule has 3 aromatic rings. The molecule has 0 fully saturated rings. The number of hydrogen-bond donors (Lipinski definition) is 2. The minimum atomic E-state index is -0.147. The summed E-state index contributed by atoms with van der Waals surface area (Å²) in [5.41, 5.74) is 6.96. The third-order valence-corrected chi connectivity index (χ3v) is 5.04. The van der Waals surface area contributed by atoms with E-state index in [9.17, 15) is 4.79 Å². The van der Waals surface area contributed by atoms with Gasteiger partial charge in [-0.05, 0) is 24.4 Å². The topological polar surface area (TPSA) is 102 Å². The molecule has 0 aliphatic heterocycles. The molecule has 24 heavy (non-hydrogen) atoms. The van der Waals surface area contributed by atoms with Gasteiger partial charge >= 0.3 is 0 Å². The number of fused-ring (bicyclic) bond motifs is 1. The highest BCUT2D eigenvalue weighted by Gasteiger charge is 2.20. The van der Waals surface area contributed by atoms with Crippen molar-refractivity contribution in [1.82, 2.24) is 15.3 Å². The minimum absolute atomic E-state index is 0.127. The highest BCUT2D eigenvalue weighted by Crippen LogP contribution is 2.29. The van der Waals surface area contributed by atoms with Crippen molar-refractivity contribution in [2.24, 2.45) is 5.16 Å². The Bertz CT molecular complexity index is 902. The molecule has 0 aromatic carbocycles. The number of nitrogens with zero attached hydrogens (tertiary/aromatic N) is 3.